The van der Waals surface area contributed by atoms with Crippen LogP contribution in [0.25, 0.3) is 0 Å². The monoisotopic (exact) mass is 313 g/mol. The lowest BCUT2D eigenvalue weighted by Crippen LogP contribution is -2.36. The van der Waals surface area contributed by atoms with Gasteiger partial charge >= 0.3 is 0 Å². The van der Waals surface area contributed by atoms with Crippen LogP contribution in [0.5, 0.6) is 5.75 Å². The van der Waals surface area contributed by atoms with Crippen molar-refractivity contribution in [3.63, 3.8) is 0 Å². The first-order chi connectivity index (χ1) is 11.2. The summed E-state index contributed by atoms with van der Waals surface area (Å²) in [5.41, 5.74) is 1.97. The molecule has 1 saturated heterocycles. The molecule has 0 unspecified atom stereocenters. The van der Waals surface area contributed by atoms with Gasteiger partial charge < -0.3 is 14.8 Å². The average Bonchev–Trinajstić information content (AvgIpc) is 3.27. The van der Waals surface area contributed by atoms with E-state index in [1.54, 1.807) is 10.9 Å². The molecule has 4 rings (SSSR count). The van der Waals surface area contributed by atoms with Crippen LogP contribution in [0, 0.1) is 5.92 Å². The van der Waals surface area contributed by atoms with Crippen LogP contribution in [-0.2, 0) is 16.6 Å². The van der Waals surface area contributed by atoms with Gasteiger partial charge in [0.2, 0.25) is 5.91 Å². The van der Waals surface area contributed by atoms with Crippen molar-refractivity contribution < 1.29 is 14.3 Å². The van der Waals surface area contributed by atoms with Crippen molar-refractivity contribution in [1.82, 2.24) is 15.1 Å². The van der Waals surface area contributed by atoms with Crippen molar-refractivity contribution in [2.24, 2.45) is 13.0 Å². The van der Waals surface area contributed by atoms with Gasteiger partial charge in [-0.15, -0.1) is 0 Å². The van der Waals surface area contributed by atoms with Gasteiger partial charge in [-0.05, 0) is 18.6 Å². The second-order valence-electron chi connectivity index (χ2n) is 5.98. The Bertz CT molecular complexity index is 727. The fourth-order valence-electron chi connectivity index (χ4n) is 3.37. The molecule has 3 heterocycles. The molecular formula is C17H19N3O3. The van der Waals surface area contributed by atoms with Crippen molar-refractivity contribution in [3.05, 3.63) is 47.8 Å². The minimum atomic E-state index is -0.236. The highest BCUT2D eigenvalue weighted by Gasteiger charge is 2.38. The number of nitrogens with one attached hydrogen (secondary N) is 1. The van der Waals surface area contributed by atoms with E-state index in [9.17, 15) is 4.79 Å². The molecule has 1 aromatic heterocycles. The van der Waals surface area contributed by atoms with Gasteiger partial charge in [0.1, 0.15) is 18.5 Å². The van der Waals surface area contributed by atoms with E-state index in [1.807, 2.05) is 37.4 Å². The number of hydrogen-bond acceptors (Lipinski definition) is 4. The molecule has 2 aliphatic rings. The maximum Gasteiger partial charge on any atom is 0.226 e. The summed E-state index contributed by atoms with van der Waals surface area (Å²) in [4.78, 5) is 12.8. The third kappa shape index (κ3) is 2.49. The Morgan fingerprint density at radius 3 is 3.04 bits per heavy atom. The Morgan fingerprint density at radius 2 is 2.22 bits per heavy atom. The molecule has 23 heavy (non-hydrogen) atoms. The van der Waals surface area contributed by atoms with Crippen LogP contribution < -0.4 is 10.1 Å². The topological polar surface area (TPSA) is 65.4 Å². The van der Waals surface area contributed by atoms with Gasteiger partial charge in [-0.2, -0.15) is 5.10 Å². The van der Waals surface area contributed by atoms with Gasteiger partial charge in [0.25, 0.3) is 0 Å². The lowest BCUT2D eigenvalue weighted by molar-refractivity contribution is -0.127. The first kappa shape index (κ1) is 14.3. The molecule has 0 bridgehead atoms. The number of carbonyl (C=O) groups is 1. The second-order valence-corrected chi connectivity index (χ2v) is 5.98. The minimum Gasteiger partial charge on any atom is -0.491 e. The molecule has 6 heteroatoms. The smallest absolute Gasteiger partial charge is 0.226 e. The summed E-state index contributed by atoms with van der Waals surface area (Å²) in [6.45, 7) is 1.07. The normalized spacial score (nSPS) is 25.9. The summed E-state index contributed by atoms with van der Waals surface area (Å²) in [6.07, 6.45) is 2.21. The molecule has 0 spiro atoms. The molecule has 6 nitrogen and oxygen atoms in total. The molecule has 1 N–H and O–H groups in total. The SMILES string of the molecule is Cn1nccc1[C@@H]1OCC[C@H]1C(=O)N[C@@H]1COc2ccccc21. The summed E-state index contributed by atoms with van der Waals surface area (Å²) in [5, 5.41) is 7.29. The molecular weight excluding hydrogens is 294 g/mol. The number of ether oxygens (including phenoxy) is 2. The van der Waals surface area contributed by atoms with Gasteiger partial charge in [-0.3, -0.25) is 9.48 Å². The summed E-state index contributed by atoms with van der Waals surface area (Å²) in [7, 11) is 1.87. The van der Waals surface area contributed by atoms with Gasteiger partial charge in [0, 0.05) is 25.4 Å². The number of benzene rings is 1. The summed E-state index contributed by atoms with van der Waals surface area (Å²) < 4.78 is 13.2. The highest BCUT2D eigenvalue weighted by Crippen LogP contribution is 2.36. The zero-order valence-corrected chi connectivity index (χ0v) is 12.9. The molecule has 1 amide bonds. The lowest BCUT2D eigenvalue weighted by atomic mass is 9.97. The highest BCUT2D eigenvalue weighted by molar-refractivity contribution is 5.80. The predicted octanol–water partition coefficient (Wildman–Crippen LogP) is 1.75. The number of fused-ring (bicyclic) bond motifs is 1. The van der Waals surface area contributed by atoms with Gasteiger partial charge in [0.05, 0.1) is 17.7 Å². The maximum absolute atomic E-state index is 12.8. The largest absolute Gasteiger partial charge is 0.491 e. The number of rotatable bonds is 3. The third-order valence-corrected chi connectivity index (χ3v) is 4.60. The molecule has 1 fully saturated rings. The van der Waals surface area contributed by atoms with Gasteiger partial charge in [0.15, 0.2) is 0 Å². The van der Waals surface area contributed by atoms with E-state index >= 15 is 0 Å². The number of aromatic nitrogens is 2. The Kier molecular flexibility index (Phi) is 3.53. The Balaban J connectivity index is 1.50. The van der Waals surface area contributed by atoms with Crippen LogP contribution in [0.2, 0.25) is 0 Å². The number of aryl methyl sites for hydroxylation is 1. The predicted molar refractivity (Wildman–Crippen MR) is 82.8 cm³/mol. The fraction of sp³-hybridized carbons (Fsp3) is 0.412. The molecule has 2 aromatic rings. The molecule has 0 radical (unpaired) electrons. The molecule has 120 valence electrons. The number of carbonyl (C=O) groups excluding carboxylic acids is 1. The van der Waals surface area contributed by atoms with E-state index in [2.05, 4.69) is 10.4 Å². The van der Waals surface area contributed by atoms with Gasteiger partial charge in [-0.1, -0.05) is 18.2 Å². The highest BCUT2D eigenvalue weighted by atomic mass is 16.5. The van der Waals surface area contributed by atoms with E-state index in [4.69, 9.17) is 9.47 Å². The number of amides is 1. The molecule has 3 atom stereocenters. The Hall–Kier alpha value is -2.34. The Labute approximate surface area is 134 Å². The lowest BCUT2D eigenvalue weighted by Gasteiger charge is -2.20. The second kappa shape index (κ2) is 5.70. The van der Waals surface area contributed by atoms with Crippen LogP contribution in [0.4, 0.5) is 0 Å². The zero-order valence-electron chi connectivity index (χ0n) is 12.9. The van der Waals surface area contributed by atoms with Crippen LogP contribution in [0.15, 0.2) is 36.5 Å². The Morgan fingerprint density at radius 1 is 1.35 bits per heavy atom. The summed E-state index contributed by atoms with van der Waals surface area (Å²) in [5.74, 6) is 0.667. The van der Waals surface area contributed by atoms with E-state index in [-0.39, 0.29) is 24.0 Å². The standard InChI is InChI=1S/C17H19N3O3/c1-20-14(6-8-18-20)16-12(7-9-22-16)17(21)19-13-10-23-15-5-3-2-4-11(13)15/h2-6,8,12-13,16H,7,9-10H2,1H3,(H,19,21)/t12-,13-,16-/m1/s1. The van der Waals surface area contributed by atoms with Crippen molar-refractivity contribution in [2.75, 3.05) is 13.2 Å². The summed E-state index contributed by atoms with van der Waals surface area (Å²) in [6, 6.07) is 9.64. The van der Waals surface area contributed by atoms with Crippen LogP contribution in [-0.4, -0.2) is 28.9 Å². The first-order valence-corrected chi connectivity index (χ1v) is 7.85. The number of nitrogens with zero attached hydrogens (tertiary/aromatic N) is 2. The quantitative estimate of drug-likeness (QED) is 0.937. The maximum atomic E-state index is 12.8. The van der Waals surface area contributed by atoms with Crippen molar-refractivity contribution in [3.8, 4) is 5.75 Å². The van der Waals surface area contributed by atoms with E-state index in [0.29, 0.717) is 13.2 Å². The first-order valence-electron chi connectivity index (χ1n) is 7.85. The zero-order chi connectivity index (χ0) is 15.8. The van der Waals surface area contributed by atoms with E-state index in [1.165, 1.54) is 0 Å². The van der Waals surface area contributed by atoms with E-state index in [0.717, 1.165) is 23.4 Å². The van der Waals surface area contributed by atoms with Crippen molar-refractivity contribution in [1.29, 1.82) is 0 Å². The third-order valence-electron chi connectivity index (χ3n) is 4.60. The van der Waals surface area contributed by atoms with Crippen molar-refractivity contribution >= 4 is 5.91 Å². The molecule has 2 aliphatic heterocycles. The van der Waals surface area contributed by atoms with Crippen molar-refractivity contribution in [2.45, 2.75) is 18.6 Å². The van der Waals surface area contributed by atoms with Crippen LogP contribution in [0.3, 0.4) is 0 Å². The summed E-state index contributed by atoms with van der Waals surface area (Å²) >= 11 is 0. The average molecular weight is 313 g/mol. The molecule has 0 aliphatic carbocycles. The molecule has 1 aromatic carbocycles. The van der Waals surface area contributed by atoms with Crippen LogP contribution in [0.1, 0.15) is 29.8 Å². The van der Waals surface area contributed by atoms with Gasteiger partial charge in [-0.25, -0.2) is 0 Å². The van der Waals surface area contributed by atoms with E-state index < -0.39 is 0 Å². The minimum absolute atomic E-state index is 0.0130. The van der Waals surface area contributed by atoms with Crippen LogP contribution >= 0.6 is 0 Å². The molecule has 0 saturated carbocycles. The number of hydrogen-bond donors (Lipinski definition) is 1. The fourth-order valence-corrected chi connectivity index (χ4v) is 3.37. The number of para-hydroxylation sites is 1.